The number of nitrogens with one attached hydrogen (secondary N) is 1. The number of aliphatic hydroxyl groups excluding tert-OH is 2. The molecule has 0 amide bonds. The van der Waals surface area contributed by atoms with Crippen molar-refractivity contribution in [2.24, 2.45) is 0 Å². The maximum atomic E-state index is 13.9. The monoisotopic (exact) mass is 529 g/mol. The Morgan fingerprint density at radius 1 is 1.16 bits per heavy atom. The lowest BCUT2D eigenvalue weighted by atomic mass is 10.1. The van der Waals surface area contributed by atoms with Gasteiger partial charge in [0.15, 0.2) is 0 Å². The Kier molecular flexibility index (Phi) is 6.21. The highest BCUT2D eigenvalue weighted by atomic mass is 79.9. The van der Waals surface area contributed by atoms with Crippen LogP contribution in [0.1, 0.15) is 6.42 Å². The summed E-state index contributed by atoms with van der Waals surface area (Å²) in [5, 5.41) is 19.6. The van der Waals surface area contributed by atoms with Crippen molar-refractivity contribution in [1.82, 2.24) is 14.3 Å². The van der Waals surface area contributed by atoms with Gasteiger partial charge in [0.25, 0.3) is 0 Å². The first-order valence-electron chi connectivity index (χ1n) is 9.33. The zero-order valence-electron chi connectivity index (χ0n) is 16.0. The fourth-order valence-electron chi connectivity index (χ4n) is 3.37. The van der Waals surface area contributed by atoms with Gasteiger partial charge in [-0.1, -0.05) is 17.7 Å². The molecule has 2 aromatic carbocycles. The lowest BCUT2D eigenvalue weighted by molar-refractivity contribution is -0.0191. The van der Waals surface area contributed by atoms with Crippen molar-refractivity contribution in [2.45, 2.75) is 23.5 Å². The van der Waals surface area contributed by atoms with Crippen molar-refractivity contribution in [3.05, 3.63) is 57.9 Å². The molecule has 0 aliphatic carbocycles. The fourth-order valence-corrected chi connectivity index (χ4v) is 5.59. The highest BCUT2D eigenvalue weighted by molar-refractivity contribution is 9.10. The molecule has 0 unspecified atom stereocenters. The number of aromatic amines is 1. The number of nitrogens with zero attached hydrogens (tertiary/aromatic N) is 2. The van der Waals surface area contributed by atoms with Crippen LogP contribution in [0.2, 0.25) is 5.02 Å². The van der Waals surface area contributed by atoms with E-state index in [1.807, 2.05) is 0 Å². The Labute approximate surface area is 191 Å². The second kappa shape index (κ2) is 8.61. The van der Waals surface area contributed by atoms with E-state index in [1.54, 1.807) is 18.2 Å². The SMILES string of the molecule is O=S(=O)(c1cc(-c2ncc(-c3ccc(Br)c(F)c3)[nH]2)ccc1Cl)N1CC[C@H](O)[C@H](O)C1. The third kappa shape index (κ3) is 4.41. The molecule has 4 rings (SSSR count). The molecule has 2 atom stereocenters. The Morgan fingerprint density at radius 2 is 1.90 bits per heavy atom. The van der Waals surface area contributed by atoms with E-state index in [2.05, 4.69) is 25.9 Å². The van der Waals surface area contributed by atoms with E-state index in [0.29, 0.717) is 27.1 Å². The predicted molar refractivity (Wildman–Crippen MR) is 118 cm³/mol. The van der Waals surface area contributed by atoms with E-state index in [4.69, 9.17) is 11.6 Å². The van der Waals surface area contributed by atoms with E-state index >= 15 is 0 Å². The first-order valence-corrected chi connectivity index (χ1v) is 11.9. The van der Waals surface area contributed by atoms with Gasteiger partial charge in [0.1, 0.15) is 16.5 Å². The number of hydrogen-bond acceptors (Lipinski definition) is 5. The summed E-state index contributed by atoms with van der Waals surface area (Å²) in [5.74, 6) is -0.0251. The van der Waals surface area contributed by atoms with Crippen LogP contribution in [0.3, 0.4) is 0 Å². The minimum absolute atomic E-state index is 0.0334. The molecule has 7 nitrogen and oxygen atoms in total. The molecule has 31 heavy (non-hydrogen) atoms. The van der Waals surface area contributed by atoms with E-state index in [0.717, 1.165) is 4.31 Å². The third-order valence-corrected chi connectivity index (χ3v) is 8.13. The van der Waals surface area contributed by atoms with E-state index in [9.17, 15) is 23.0 Å². The number of H-pyrrole nitrogens is 1. The highest BCUT2D eigenvalue weighted by Crippen LogP contribution is 2.32. The average Bonchev–Trinajstić information content (AvgIpc) is 3.22. The van der Waals surface area contributed by atoms with Gasteiger partial charge in [-0.05, 0) is 52.7 Å². The van der Waals surface area contributed by atoms with Crippen molar-refractivity contribution < 1.29 is 23.0 Å². The quantitative estimate of drug-likeness (QED) is 0.479. The van der Waals surface area contributed by atoms with Crippen molar-refractivity contribution >= 4 is 37.6 Å². The van der Waals surface area contributed by atoms with Gasteiger partial charge < -0.3 is 15.2 Å². The number of benzene rings is 2. The number of halogens is 3. The van der Waals surface area contributed by atoms with Crippen LogP contribution in [0.5, 0.6) is 0 Å². The first kappa shape index (κ1) is 22.4. The van der Waals surface area contributed by atoms with Crippen LogP contribution in [-0.2, 0) is 10.0 Å². The lowest BCUT2D eigenvalue weighted by Crippen LogP contribution is -2.48. The molecule has 164 valence electrons. The van der Waals surface area contributed by atoms with Crippen LogP contribution >= 0.6 is 27.5 Å². The zero-order chi connectivity index (χ0) is 22.3. The molecule has 3 N–H and O–H groups in total. The van der Waals surface area contributed by atoms with Gasteiger partial charge in [-0.25, -0.2) is 17.8 Å². The molecule has 0 radical (unpaired) electrons. The summed E-state index contributed by atoms with van der Waals surface area (Å²) in [4.78, 5) is 7.23. The molecule has 0 spiro atoms. The highest BCUT2D eigenvalue weighted by Gasteiger charge is 2.35. The molecule has 1 saturated heterocycles. The molecular weight excluding hydrogens is 513 g/mol. The topological polar surface area (TPSA) is 107 Å². The zero-order valence-corrected chi connectivity index (χ0v) is 19.1. The molecule has 1 aliphatic heterocycles. The van der Waals surface area contributed by atoms with E-state index in [-0.39, 0.29) is 29.4 Å². The van der Waals surface area contributed by atoms with Gasteiger partial charge in [-0.2, -0.15) is 4.31 Å². The van der Waals surface area contributed by atoms with Gasteiger partial charge >= 0.3 is 0 Å². The predicted octanol–water partition coefficient (Wildman–Crippen LogP) is 3.41. The van der Waals surface area contributed by atoms with E-state index in [1.165, 1.54) is 24.4 Å². The molecule has 1 fully saturated rings. The van der Waals surface area contributed by atoms with Gasteiger partial charge in [0.05, 0.1) is 33.6 Å². The molecule has 0 saturated carbocycles. The summed E-state index contributed by atoms with van der Waals surface area (Å²) >= 11 is 9.30. The second-order valence-electron chi connectivity index (χ2n) is 7.21. The number of sulfonamides is 1. The van der Waals surface area contributed by atoms with E-state index < -0.39 is 28.0 Å². The number of rotatable bonds is 4. The minimum atomic E-state index is -4.00. The summed E-state index contributed by atoms with van der Waals surface area (Å²) in [6.07, 6.45) is -0.464. The van der Waals surface area contributed by atoms with Gasteiger partial charge in [0.2, 0.25) is 10.0 Å². The summed E-state index contributed by atoms with van der Waals surface area (Å²) in [6, 6.07) is 9.15. The Balaban J connectivity index is 1.67. The van der Waals surface area contributed by atoms with Gasteiger partial charge in [-0.15, -0.1) is 0 Å². The number of aromatic nitrogens is 2. The number of imidazole rings is 1. The van der Waals surface area contributed by atoms with Crippen molar-refractivity contribution in [3.63, 3.8) is 0 Å². The summed E-state index contributed by atoms with van der Waals surface area (Å²) < 4.78 is 41.5. The average molecular weight is 531 g/mol. The van der Waals surface area contributed by atoms with Crippen LogP contribution in [0.15, 0.2) is 52.0 Å². The smallest absolute Gasteiger partial charge is 0.244 e. The van der Waals surface area contributed by atoms with Crippen LogP contribution in [0.4, 0.5) is 4.39 Å². The van der Waals surface area contributed by atoms with Crippen LogP contribution in [-0.4, -0.2) is 58.2 Å². The number of β-amino-alcohol motifs (C(OH)–C–C–N with tert-alkyl or cyclic N) is 1. The Morgan fingerprint density at radius 3 is 2.61 bits per heavy atom. The van der Waals surface area contributed by atoms with Gasteiger partial charge in [0, 0.05) is 24.2 Å². The third-order valence-electron chi connectivity index (χ3n) is 5.14. The van der Waals surface area contributed by atoms with Gasteiger partial charge in [-0.3, -0.25) is 0 Å². The number of hydrogen-bond donors (Lipinski definition) is 3. The fraction of sp³-hybridized carbons (Fsp3) is 0.250. The maximum Gasteiger partial charge on any atom is 0.244 e. The molecule has 1 aliphatic rings. The summed E-state index contributed by atoms with van der Waals surface area (Å²) in [7, 11) is -4.00. The van der Waals surface area contributed by atoms with Crippen LogP contribution in [0, 0.1) is 5.82 Å². The Bertz CT molecular complexity index is 1240. The summed E-state index contributed by atoms with van der Waals surface area (Å²) in [5.41, 5.74) is 1.63. The lowest BCUT2D eigenvalue weighted by Gasteiger charge is -2.32. The van der Waals surface area contributed by atoms with Crippen LogP contribution < -0.4 is 0 Å². The van der Waals surface area contributed by atoms with Crippen LogP contribution in [0.25, 0.3) is 22.6 Å². The molecule has 11 heteroatoms. The minimum Gasteiger partial charge on any atom is -0.390 e. The maximum absolute atomic E-state index is 13.9. The van der Waals surface area contributed by atoms with Crippen molar-refractivity contribution in [3.8, 4) is 22.6 Å². The van der Waals surface area contributed by atoms with Crippen molar-refractivity contribution in [2.75, 3.05) is 13.1 Å². The normalized spacial score (nSPS) is 20.2. The molecular formula is C20H18BrClFN3O4S. The van der Waals surface area contributed by atoms with Crippen molar-refractivity contribution in [1.29, 1.82) is 0 Å². The molecule has 3 aromatic rings. The molecule has 0 bridgehead atoms. The molecule has 2 heterocycles. The second-order valence-corrected chi connectivity index (χ2v) is 10.4. The Hall–Kier alpha value is -1.82. The number of aliphatic hydroxyl groups is 2. The first-order chi connectivity index (χ1) is 14.7. The largest absolute Gasteiger partial charge is 0.390 e. The summed E-state index contributed by atoms with van der Waals surface area (Å²) in [6.45, 7) is -0.148. The standard InChI is InChI=1S/C20H18BrClFN3O4S/c21-13-3-1-11(7-15(13)23)16-9-24-20(25-16)12-2-4-14(22)19(8-12)31(29,30)26-6-5-17(27)18(28)10-26/h1-4,7-9,17-18,27-28H,5-6,10H2,(H,24,25)/t17-,18+/m0/s1. The molecule has 1 aromatic heterocycles. The number of piperidine rings is 1.